The van der Waals surface area contributed by atoms with Crippen molar-refractivity contribution in [2.75, 3.05) is 32.7 Å². The molecule has 0 aliphatic carbocycles. The number of amides is 2. The molecule has 1 aliphatic rings. The number of likely N-dealkylation sites (tertiary alicyclic amines) is 1. The van der Waals surface area contributed by atoms with Crippen molar-refractivity contribution in [3.63, 3.8) is 0 Å². The highest BCUT2D eigenvalue weighted by molar-refractivity contribution is 5.76. The Balaban J connectivity index is 1.51. The highest BCUT2D eigenvalue weighted by Gasteiger charge is 2.23. The van der Waals surface area contributed by atoms with Crippen LogP contribution in [0.4, 0.5) is 4.79 Å². The van der Waals surface area contributed by atoms with Crippen molar-refractivity contribution in [2.45, 2.75) is 52.1 Å². The molecule has 6 nitrogen and oxygen atoms in total. The van der Waals surface area contributed by atoms with Crippen molar-refractivity contribution >= 4 is 12.0 Å². The number of benzene rings is 1. The fourth-order valence-corrected chi connectivity index (χ4v) is 3.35. The van der Waals surface area contributed by atoms with Gasteiger partial charge in [0.25, 0.3) is 0 Å². The monoisotopic (exact) mass is 389 g/mol. The summed E-state index contributed by atoms with van der Waals surface area (Å²) in [6.07, 6.45) is 3.00. The van der Waals surface area contributed by atoms with Gasteiger partial charge in [0, 0.05) is 26.1 Å². The van der Waals surface area contributed by atoms with Crippen LogP contribution in [0, 0.1) is 5.92 Å². The first-order chi connectivity index (χ1) is 13.3. The molecular formula is C22H35N3O3. The van der Waals surface area contributed by atoms with E-state index in [1.54, 1.807) is 0 Å². The van der Waals surface area contributed by atoms with Crippen LogP contribution in [0.3, 0.4) is 0 Å². The lowest BCUT2D eigenvalue weighted by Gasteiger charge is -2.21. The molecule has 0 unspecified atom stereocenters. The van der Waals surface area contributed by atoms with E-state index in [1.165, 1.54) is 5.56 Å². The quantitative estimate of drug-likeness (QED) is 0.637. The van der Waals surface area contributed by atoms with Crippen LogP contribution in [0.1, 0.15) is 45.6 Å². The average molecular weight is 390 g/mol. The minimum atomic E-state index is -0.461. The Morgan fingerprint density at radius 1 is 1.18 bits per heavy atom. The highest BCUT2D eigenvalue weighted by atomic mass is 16.6. The van der Waals surface area contributed by atoms with Gasteiger partial charge in [-0.1, -0.05) is 30.3 Å². The largest absolute Gasteiger partial charge is 0.444 e. The highest BCUT2D eigenvalue weighted by Crippen LogP contribution is 2.15. The molecule has 2 rings (SSSR count). The summed E-state index contributed by atoms with van der Waals surface area (Å²) in [5.41, 5.74) is 0.734. The van der Waals surface area contributed by atoms with E-state index in [2.05, 4.69) is 27.7 Å². The smallest absolute Gasteiger partial charge is 0.407 e. The molecule has 1 aliphatic heterocycles. The first-order valence-electron chi connectivity index (χ1n) is 10.3. The van der Waals surface area contributed by atoms with Crippen LogP contribution < -0.4 is 10.6 Å². The third kappa shape index (κ3) is 9.22. The summed E-state index contributed by atoms with van der Waals surface area (Å²) in [7, 11) is 0. The van der Waals surface area contributed by atoms with Crippen LogP contribution in [0.5, 0.6) is 0 Å². The number of carbonyl (C=O) groups excluding carboxylic acids is 2. The van der Waals surface area contributed by atoms with Crippen molar-refractivity contribution in [2.24, 2.45) is 5.92 Å². The number of alkyl carbamates (subject to hydrolysis) is 1. The third-order valence-electron chi connectivity index (χ3n) is 4.76. The number of nitrogens with one attached hydrogen (secondary N) is 2. The van der Waals surface area contributed by atoms with Crippen LogP contribution in [-0.4, -0.2) is 55.2 Å². The van der Waals surface area contributed by atoms with Crippen molar-refractivity contribution in [3.8, 4) is 0 Å². The van der Waals surface area contributed by atoms with Gasteiger partial charge < -0.3 is 20.3 Å². The van der Waals surface area contributed by atoms with Gasteiger partial charge >= 0.3 is 6.09 Å². The van der Waals surface area contributed by atoms with Crippen LogP contribution in [0.2, 0.25) is 0 Å². The standard InChI is InChI=1S/C22H35N3O3/c1-22(2,3)28-21(27)24-16-19-12-15-25(17-19)14-7-13-23-20(26)11-10-18-8-5-4-6-9-18/h4-6,8-9,19H,7,10-17H2,1-3H3,(H,23,26)(H,24,27)/t19-/m0/s1. The zero-order chi connectivity index (χ0) is 20.4. The average Bonchev–Trinajstić information content (AvgIpc) is 3.09. The molecule has 1 saturated heterocycles. The second-order valence-corrected chi connectivity index (χ2v) is 8.53. The Morgan fingerprint density at radius 3 is 2.64 bits per heavy atom. The number of carbonyl (C=O) groups is 2. The van der Waals surface area contributed by atoms with Crippen molar-refractivity contribution in [1.29, 1.82) is 0 Å². The lowest BCUT2D eigenvalue weighted by molar-refractivity contribution is -0.121. The maximum absolute atomic E-state index is 11.9. The van der Waals surface area contributed by atoms with E-state index in [0.717, 1.165) is 38.9 Å². The van der Waals surface area contributed by atoms with Gasteiger partial charge in [-0.15, -0.1) is 0 Å². The minimum Gasteiger partial charge on any atom is -0.444 e. The van der Waals surface area contributed by atoms with E-state index in [9.17, 15) is 9.59 Å². The molecule has 6 heteroatoms. The molecule has 1 atom stereocenters. The van der Waals surface area contributed by atoms with Gasteiger partial charge in [0.2, 0.25) is 5.91 Å². The number of rotatable bonds is 9. The van der Waals surface area contributed by atoms with Gasteiger partial charge in [0.05, 0.1) is 0 Å². The van der Waals surface area contributed by atoms with Crippen molar-refractivity contribution in [3.05, 3.63) is 35.9 Å². The summed E-state index contributed by atoms with van der Waals surface area (Å²) in [5, 5.41) is 5.88. The Labute approximate surface area is 169 Å². The zero-order valence-corrected chi connectivity index (χ0v) is 17.5. The van der Waals surface area contributed by atoms with Gasteiger partial charge in [-0.25, -0.2) is 4.79 Å². The molecule has 0 bridgehead atoms. The SMILES string of the molecule is CC(C)(C)OC(=O)NC[C@@H]1CCN(CCCNC(=O)CCc2ccccc2)C1. The van der Waals surface area contributed by atoms with E-state index in [0.29, 0.717) is 25.4 Å². The third-order valence-corrected chi connectivity index (χ3v) is 4.76. The number of nitrogens with zero attached hydrogens (tertiary/aromatic N) is 1. The molecule has 1 fully saturated rings. The van der Waals surface area contributed by atoms with Gasteiger partial charge in [0.1, 0.15) is 5.60 Å². The number of aryl methyl sites for hydroxylation is 1. The molecule has 2 N–H and O–H groups in total. The molecule has 2 amide bonds. The molecule has 0 aromatic heterocycles. The fraction of sp³-hybridized carbons (Fsp3) is 0.636. The molecule has 28 heavy (non-hydrogen) atoms. The Bertz CT molecular complexity index is 613. The number of hydrogen-bond acceptors (Lipinski definition) is 4. The first-order valence-corrected chi connectivity index (χ1v) is 10.3. The topological polar surface area (TPSA) is 70.7 Å². The molecule has 0 saturated carbocycles. The number of hydrogen-bond donors (Lipinski definition) is 2. The van der Waals surface area contributed by atoms with Gasteiger partial charge in [-0.05, 0) is 64.6 Å². The van der Waals surface area contributed by atoms with E-state index < -0.39 is 5.60 Å². The van der Waals surface area contributed by atoms with Crippen LogP contribution in [-0.2, 0) is 16.0 Å². The van der Waals surface area contributed by atoms with E-state index in [1.807, 2.05) is 39.0 Å². The first kappa shape index (κ1) is 22.2. The Morgan fingerprint density at radius 2 is 1.93 bits per heavy atom. The summed E-state index contributed by atoms with van der Waals surface area (Å²) in [6.45, 7) is 9.97. The van der Waals surface area contributed by atoms with E-state index >= 15 is 0 Å². The molecule has 0 radical (unpaired) electrons. The van der Waals surface area contributed by atoms with Crippen molar-refractivity contribution in [1.82, 2.24) is 15.5 Å². The lowest BCUT2D eigenvalue weighted by Crippen LogP contribution is -2.36. The molecule has 0 spiro atoms. The van der Waals surface area contributed by atoms with Gasteiger partial charge in [-0.2, -0.15) is 0 Å². The van der Waals surface area contributed by atoms with Crippen LogP contribution in [0.15, 0.2) is 30.3 Å². The molecular weight excluding hydrogens is 354 g/mol. The van der Waals surface area contributed by atoms with E-state index in [-0.39, 0.29) is 12.0 Å². The summed E-state index contributed by atoms with van der Waals surface area (Å²) in [4.78, 5) is 26.1. The number of ether oxygens (including phenoxy) is 1. The summed E-state index contributed by atoms with van der Waals surface area (Å²) < 4.78 is 5.27. The Hall–Kier alpha value is -2.08. The maximum atomic E-state index is 11.9. The van der Waals surface area contributed by atoms with Crippen LogP contribution in [0.25, 0.3) is 0 Å². The molecule has 156 valence electrons. The normalized spacial score (nSPS) is 17.3. The predicted molar refractivity (Wildman–Crippen MR) is 111 cm³/mol. The second-order valence-electron chi connectivity index (χ2n) is 8.53. The Kier molecular flexibility index (Phi) is 8.77. The maximum Gasteiger partial charge on any atom is 0.407 e. The molecule has 1 heterocycles. The van der Waals surface area contributed by atoms with Crippen LogP contribution >= 0.6 is 0 Å². The minimum absolute atomic E-state index is 0.115. The summed E-state index contributed by atoms with van der Waals surface area (Å²) >= 11 is 0. The van der Waals surface area contributed by atoms with Gasteiger partial charge in [-0.3, -0.25) is 4.79 Å². The lowest BCUT2D eigenvalue weighted by atomic mass is 10.1. The summed E-state index contributed by atoms with van der Waals surface area (Å²) in [6, 6.07) is 10.1. The van der Waals surface area contributed by atoms with E-state index in [4.69, 9.17) is 4.74 Å². The molecule has 1 aromatic carbocycles. The zero-order valence-electron chi connectivity index (χ0n) is 17.5. The molecule has 1 aromatic rings. The van der Waals surface area contributed by atoms with Crippen molar-refractivity contribution < 1.29 is 14.3 Å². The predicted octanol–water partition coefficient (Wildman–Crippen LogP) is 2.97. The van der Waals surface area contributed by atoms with Gasteiger partial charge in [0.15, 0.2) is 0 Å². The second kappa shape index (κ2) is 11.1. The summed E-state index contributed by atoms with van der Waals surface area (Å²) in [5.74, 6) is 0.581. The fourth-order valence-electron chi connectivity index (χ4n) is 3.35.